The van der Waals surface area contributed by atoms with E-state index in [1.165, 1.54) is 5.56 Å². The molecule has 4 nitrogen and oxygen atoms in total. The molecule has 2 rings (SSSR count). The molecule has 2 N–H and O–H groups in total. The smallest absolute Gasteiger partial charge is 0.0891 e. The third kappa shape index (κ3) is 2.10. The standard InChI is InChI=1S/C11H16N4/c1-14(2)6-5-9-3-4-11-10(12)7-13-15(11)8-9/h3-4,7-8H,5-6,12H2,1-2H3. The molecule has 2 aromatic heterocycles. The minimum atomic E-state index is 0.731. The second-order valence-corrected chi connectivity index (χ2v) is 4.02. The van der Waals surface area contributed by atoms with E-state index in [-0.39, 0.29) is 0 Å². The number of nitrogens with zero attached hydrogens (tertiary/aromatic N) is 3. The lowest BCUT2D eigenvalue weighted by Gasteiger charge is -2.09. The van der Waals surface area contributed by atoms with E-state index in [0.717, 1.165) is 24.2 Å². The molecule has 0 aliphatic heterocycles. The second kappa shape index (κ2) is 3.90. The van der Waals surface area contributed by atoms with Crippen molar-refractivity contribution in [1.29, 1.82) is 0 Å². The Labute approximate surface area is 89.3 Å². The lowest BCUT2D eigenvalue weighted by atomic mass is 10.2. The van der Waals surface area contributed by atoms with Crippen LogP contribution in [0.5, 0.6) is 0 Å². The fourth-order valence-corrected chi connectivity index (χ4v) is 1.55. The van der Waals surface area contributed by atoms with Crippen LogP contribution in [0.3, 0.4) is 0 Å². The molecule has 0 amide bonds. The summed E-state index contributed by atoms with van der Waals surface area (Å²) in [5, 5.41) is 4.18. The first kappa shape index (κ1) is 9.98. The number of nitrogen functional groups attached to an aromatic ring is 1. The lowest BCUT2D eigenvalue weighted by Crippen LogP contribution is -2.15. The van der Waals surface area contributed by atoms with Crippen molar-refractivity contribution in [2.45, 2.75) is 6.42 Å². The summed E-state index contributed by atoms with van der Waals surface area (Å²) in [7, 11) is 4.15. The Hall–Kier alpha value is -1.55. The van der Waals surface area contributed by atoms with Crippen LogP contribution in [0.4, 0.5) is 5.69 Å². The van der Waals surface area contributed by atoms with E-state index < -0.39 is 0 Å². The van der Waals surface area contributed by atoms with Crippen LogP contribution < -0.4 is 5.73 Å². The van der Waals surface area contributed by atoms with E-state index in [1.54, 1.807) is 6.20 Å². The summed E-state index contributed by atoms with van der Waals surface area (Å²) in [6.45, 7) is 1.04. The van der Waals surface area contributed by atoms with Gasteiger partial charge in [0, 0.05) is 12.7 Å². The molecular weight excluding hydrogens is 188 g/mol. The molecule has 2 heterocycles. The first-order valence-corrected chi connectivity index (χ1v) is 5.03. The van der Waals surface area contributed by atoms with Crippen molar-refractivity contribution in [3.8, 4) is 0 Å². The van der Waals surface area contributed by atoms with Gasteiger partial charge in [-0.15, -0.1) is 0 Å². The number of hydrogen-bond acceptors (Lipinski definition) is 3. The van der Waals surface area contributed by atoms with E-state index in [0.29, 0.717) is 0 Å². The van der Waals surface area contributed by atoms with Gasteiger partial charge in [0.15, 0.2) is 0 Å². The molecule has 0 unspecified atom stereocenters. The number of rotatable bonds is 3. The normalized spacial score (nSPS) is 11.4. The highest BCUT2D eigenvalue weighted by atomic mass is 15.2. The number of hydrogen-bond donors (Lipinski definition) is 1. The SMILES string of the molecule is CN(C)CCc1ccc2c(N)cnn2c1. The van der Waals surface area contributed by atoms with E-state index in [4.69, 9.17) is 5.73 Å². The summed E-state index contributed by atoms with van der Waals surface area (Å²) < 4.78 is 1.83. The summed E-state index contributed by atoms with van der Waals surface area (Å²) in [4.78, 5) is 2.17. The van der Waals surface area contributed by atoms with Gasteiger partial charge in [-0.1, -0.05) is 6.07 Å². The zero-order valence-corrected chi connectivity index (χ0v) is 9.14. The van der Waals surface area contributed by atoms with Crippen LogP contribution >= 0.6 is 0 Å². The van der Waals surface area contributed by atoms with Gasteiger partial charge in [-0.3, -0.25) is 0 Å². The van der Waals surface area contributed by atoms with Crippen molar-refractivity contribution >= 4 is 11.2 Å². The van der Waals surface area contributed by atoms with Crippen molar-refractivity contribution < 1.29 is 0 Å². The first-order valence-electron chi connectivity index (χ1n) is 5.03. The minimum absolute atomic E-state index is 0.731. The highest BCUT2D eigenvalue weighted by molar-refractivity contribution is 5.68. The zero-order chi connectivity index (χ0) is 10.8. The molecule has 15 heavy (non-hydrogen) atoms. The molecule has 0 aromatic carbocycles. The molecule has 0 spiro atoms. The zero-order valence-electron chi connectivity index (χ0n) is 9.14. The van der Waals surface area contributed by atoms with Crippen LogP contribution in [-0.4, -0.2) is 35.2 Å². The minimum Gasteiger partial charge on any atom is -0.396 e. The molecule has 0 aliphatic rings. The van der Waals surface area contributed by atoms with Gasteiger partial charge in [0.05, 0.1) is 17.4 Å². The fraction of sp³-hybridized carbons (Fsp3) is 0.364. The van der Waals surface area contributed by atoms with E-state index in [9.17, 15) is 0 Å². The molecule has 0 aliphatic carbocycles. The fourth-order valence-electron chi connectivity index (χ4n) is 1.55. The molecule has 4 heteroatoms. The maximum atomic E-state index is 5.76. The number of nitrogens with two attached hydrogens (primary N) is 1. The van der Waals surface area contributed by atoms with Gasteiger partial charge >= 0.3 is 0 Å². The Kier molecular flexibility index (Phi) is 2.60. The number of anilines is 1. The average molecular weight is 204 g/mol. The van der Waals surface area contributed by atoms with Crippen LogP contribution in [0.2, 0.25) is 0 Å². The highest BCUT2D eigenvalue weighted by Crippen LogP contribution is 2.13. The topological polar surface area (TPSA) is 46.6 Å². The van der Waals surface area contributed by atoms with Crippen LogP contribution in [0.1, 0.15) is 5.56 Å². The maximum absolute atomic E-state index is 5.76. The maximum Gasteiger partial charge on any atom is 0.0891 e. The Bertz CT molecular complexity index is 459. The Morgan fingerprint density at radius 1 is 1.40 bits per heavy atom. The molecule has 0 radical (unpaired) electrons. The van der Waals surface area contributed by atoms with Crippen LogP contribution in [0.15, 0.2) is 24.5 Å². The number of likely N-dealkylation sites (N-methyl/N-ethyl adjacent to an activating group) is 1. The molecular formula is C11H16N4. The molecule has 2 aromatic rings. The summed E-state index contributed by atoms with van der Waals surface area (Å²) in [6.07, 6.45) is 4.75. The Morgan fingerprint density at radius 2 is 2.20 bits per heavy atom. The van der Waals surface area contributed by atoms with Crippen LogP contribution in [-0.2, 0) is 6.42 Å². The third-order valence-corrected chi connectivity index (χ3v) is 2.45. The van der Waals surface area contributed by atoms with E-state index in [2.05, 4.69) is 30.2 Å². The molecule has 0 bridgehead atoms. The van der Waals surface area contributed by atoms with E-state index >= 15 is 0 Å². The van der Waals surface area contributed by atoms with Gasteiger partial charge < -0.3 is 10.6 Å². The monoisotopic (exact) mass is 204 g/mol. The number of pyridine rings is 1. The van der Waals surface area contributed by atoms with Gasteiger partial charge in [0.25, 0.3) is 0 Å². The lowest BCUT2D eigenvalue weighted by molar-refractivity contribution is 0.413. The summed E-state index contributed by atoms with van der Waals surface area (Å²) in [5.74, 6) is 0. The van der Waals surface area contributed by atoms with Gasteiger partial charge in [-0.25, -0.2) is 4.52 Å². The van der Waals surface area contributed by atoms with E-state index in [1.807, 2.05) is 16.8 Å². The highest BCUT2D eigenvalue weighted by Gasteiger charge is 2.01. The number of fused-ring (bicyclic) bond motifs is 1. The largest absolute Gasteiger partial charge is 0.396 e. The average Bonchev–Trinajstić information content (AvgIpc) is 2.57. The molecule has 0 saturated carbocycles. The van der Waals surface area contributed by atoms with Crippen molar-refractivity contribution in [3.05, 3.63) is 30.1 Å². The molecule has 0 atom stereocenters. The summed E-state index contributed by atoms with van der Waals surface area (Å²) in [5.41, 5.74) is 8.74. The molecule has 0 fully saturated rings. The summed E-state index contributed by atoms with van der Waals surface area (Å²) in [6, 6.07) is 4.13. The van der Waals surface area contributed by atoms with Gasteiger partial charge in [-0.2, -0.15) is 5.10 Å². The predicted molar refractivity (Wildman–Crippen MR) is 61.9 cm³/mol. The Balaban J connectivity index is 2.23. The second-order valence-electron chi connectivity index (χ2n) is 4.02. The Morgan fingerprint density at radius 3 is 2.93 bits per heavy atom. The summed E-state index contributed by atoms with van der Waals surface area (Å²) >= 11 is 0. The van der Waals surface area contributed by atoms with Crippen LogP contribution in [0.25, 0.3) is 5.52 Å². The molecule has 0 saturated heterocycles. The van der Waals surface area contributed by atoms with Crippen molar-refractivity contribution in [2.75, 3.05) is 26.4 Å². The van der Waals surface area contributed by atoms with Gasteiger partial charge in [-0.05, 0) is 32.1 Å². The first-order chi connectivity index (χ1) is 7.16. The van der Waals surface area contributed by atoms with Crippen molar-refractivity contribution in [2.24, 2.45) is 0 Å². The quantitative estimate of drug-likeness (QED) is 0.812. The van der Waals surface area contributed by atoms with Gasteiger partial charge in [0.2, 0.25) is 0 Å². The van der Waals surface area contributed by atoms with Crippen molar-refractivity contribution in [3.63, 3.8) is 0 Å². The molecule has 80 valence electrons. The number of aromatic nitrogens is 2. The third-order valence-electron chi connectivity index (χ3n) is 2.45. The van der Waals surface area contributed by atoms with Crippen LogP contribution in [0, 0.1) is 0 Å². The predicted octanol–water partition coefficient (Wildman–Crippen LogP) is 1.02. The van der Waals surface area contributed by atoms with Gasteiger partial charge in [0.1, 0.15) is 0 Å². The van der Waals surface area contributed by atoms with Crippen molar-refractivity contribution in [1.82, 2.24) is 14.5 Å².